The van der Waals surface area contributed by atoms with E-state index in [1.54, 1.807) is 36.4 Å². The van der Waals surface area contributed by atoms with Crippen LogP contribution in [0.25, 0.3) is 0 Å². The number of carboxylic acid groups (broad SMARTS) is 1. The highest BCUT2D eigenvalue weighted by molar-refractivity contribution is 7.91. The number of hydrogen-bond acceptors (Lipinski definition) is 5. The molecule has 0 aromatic heterocycles. The maximum absolute atomic E-state index is 14.3. The highest BCUT2D eigenvalue weighted by Gasteiger charge is 2.40. The van der Waals surface area contributed by atoms with Crippen molar-refractivity contribution in [2.24, 2.45) is 17.8 Å². The van der Waals surface area contributed by atoms with Crippen molar-refractivity contribution in [3.63, 3.8) is 0 Å². The van der Waals surface area contributed by atoms with E-state index in [4.69, 9.17) is 0 Å². The van der Waals surface area contributed by atoms with Crippen LogP contribution in [0.4, 0.5) is 4.39 Å². The van der Waals surface area contributed by atoms with Crippen LogP contribution >= 0.6 is 0 Å². The fourth-order valence-electron chi connectivity index (χ4n) is 7.18. The average molecular weight is 597 g/mol. The summed E-state index contributed by atoms with van der Waals surface area (Å²) in [6, 6.07) is 15.4. The van der Waals surface area contributed by atoms with Crippen molar-refractivity contribution >= 4 is 15.8 Å². The molecule has 0 spiro atoms. The summed E-state index contributed by atoms with van der Waals surface area (Å²) in [6.45, 7) is 8.33. The van der Waals surface area contributed by atoms with Gasteiger partial charge in [-0.05, 0) is 99.3 Å². The number of halogens is 1. The summed E-state index contributed by atoms with van der Waals surface area (Å²) >= 11 is 0. The van der Waals surface area contributed by atoms with Gasteiger partial charge >= 0.3 is 5.97 Å². The van der Waals surface area contributed by atoms with Crippen molar-refractivity contribution in [2.45, 2.75) is 68.2 Å². The Labute approximate surface area is 250 Å². The Morgan fingerprint density at radius 1 is 0.976 bits per heavy atom. The number of carboxylic acids is 1. The van der Waals surface area contributed by atoms with Gasteiger partial charge in [0.2, 0.25) is 0 Å². The van der Waals surface area contributed by atoms with E-state index in [1.807, 2.05) is 12.1 Å². The van der Waals surface area contributed by atoms with E-state index >= 15 is 0 Å². The molecule has 2 saturated heterocycles. The number of aliphatic carboxylic acids is 1. The molecule has 1 N–H and O–H groups in total. The summed E-state index contributed by atoms with van der Waals surface area (Å²) in [5.41, 5.74) is 1.26. The van der Waals surface area contributed by atoms with E-state index in [-0.39, 0.29) is 29.1 Å². The molecule has 1 aliphatic carbocycles. The van der Waals surface area contributed by atoms with Crippen molar-refractivity contribution in [3.05, 3.63) is 78.1 Å². The van der Waals surface area contributed by atoms with E-state index < -0.39 is 15.8 Å². The second-order valence-corrected chi connectivity index (χ2v) is 14.9. The van der Waals surface area contributed by atoms with Gasteiger partial charge in [-0.2, -0.15) is 0 Å². The van der Waals surface area contributed by atoms with Gasteiger partial charge < -0.3 is 10.0 Å². The minimum atomic E-state index is -3.25. The minimum absolute atomic E-state index is 0.145. The maximum Gasteiger partial charge on any atom is 0.332 e. The monoisotopic (exact) mass is 596 g/mol. The molecular formula is C34H45FN2O4S. The SMILES string of the molecule is C=C(C(=O)O)[C@@H](CC1CCC1)N1CC(CCN2CCC(CCS(=O)(=O)c3ccccc3)CC2)[C@@H](c2cccc(F)c2)C1. The number of sulfone groups is 1. The average Bonchev–Trinajstić information content (AvgIpc) is 3.39. The van der Waals surface area contributed by atoms with E-state index in [0.29, 0.717) is 29.1 Å². The van der Waals surface area contributed by atoms with Crippen LogP contribution in [0.15, 0.2) is 71.6 Å². The minimum Gasteiger partial charge on any atom is -0.478 e. The lowest BCUT2D eigenvalue weighted by Crippen LogP contribution is -2.40. The first kappa shape index (κ1) is 30.9. The van der Waals surface area contributed by atoms with Crippen molar-refractivity contribution in [3.8, 4) is 0 Å². The first-order valence-electron chi connectivity index (χ1n) is 15.6. The molecule has 2 aromatic rings. The predicted octanol–water partition coefficient (Wildman–Crippen LogP) is 6.01. The lowest BCUT2D eigenvalue weighted by Gasteiger charge is -2.35. The number of hydrogen-bond donors (Lipinski definition) is 1. The number of likely N-dealkylation sites (tertiary alicyclic amines) is 2. The fraction of sp³-hybridized carbons (Fsp3) is 0.559. The molecule has 3 atom stereocenters. The van der Waals surface area contributed by atoms with Gasteiger partial charge in [0.05, 0.1) is 10.6 Å². The lowest BCUT2D eigenvalue weighted by atomic mass is 9.79. The molecule has 2 aliphatic heterocycles. The molecule has 2 heterocycles. The maximum atomic E-state index is 14.3. The molecule has 8 heteroatoms. The second kappa shape index (κ2) is 13.8. The van der Waals surface area contributed by atoms with Crippen LogP contribution < -0.4 is 0 Å². The molecule has 3 aliphatic rings. The van der Waals surface area contributed by atoms with Gasteiger partial charge in [0.25, 0.3) is 0 Å². The normalized spacial score (nSPS) is 23.5. The first-order chi connectivity index (χ1) is 20.2. The Hall–Kier alpha value is -2.55. The molecule has 228 valence electrons. The standard InChI is InChI=1S/C34H45FN2O4S/c1-25(34(38)39)33(21-27-7-5-8-27)37-23-29(32(24-37)28-9-6-10-30(35)22-28)15-19-36-17-13-26(14-18-36)16-20-42(40,41)31-11-3-2-4-12-31/h2-4,6,9-12,22,26-27,29,32-33H,1,5,7-8,13-21,23-24H2,(H,38,39)/t29?,32-,33-/m1/s1. The Morgan fingerprint density at radius 3 is 2.36 bits per heavy atom. The summed E-state index contributed by atoms with van der Waals surface area (Å²) in [5, 5.41) is 9.82. The van der Waals surface area contributed by atoms with Gasteiger partial charge in [-0.3, -0.25) is 4.90 Å². The number of rotatable bonds is 13. The van der Waals surface area contributed by atoms with Crippen LogP contribution in [0.1, 0.15) is 62.8 Å². The zero-order valence-electron chi connectivity index (χ0n) is 24.5. The Balaban J connectivity index is 1.18. The number of carbonyl (C=O) groups is 1. The molecule has 3 fully saturated rings. The molecule has 6 nitrogen and oxygen atoms in total. The van der Waals surface area contributed by atoms with E-state index in [0.717, 1.165) is 76.8 Å². The van der Waals surface area contributed by atoms with E-state index in [1.165, 1.54) is 12.5 Å². The summed E-state index contributed by atoms with van der Waals surface area (Å²) in [6.07, 6.45) is 8.00. The van der Waals surface area contributed by atoms with Crippen LogP contribution in [-0.4, -0.2) is 73.8 Å². The fourth-order valence-corrected chi connectivity index (χ4v) is 8.63. The molecule has 5 rings (SSSR count). The number of nitrogens with zero attached hydrogens (tertiary/aromatic N) is 2. The Morgan fingerprint density at radius 2 is 1.71 bits per heavy atom. The largest absolute Gasteiger partial charge is 0.478 e. The van der Waals surface area contributed by atoms with Crippen LogP contribution in [0, 0.1) is 23.6 Å². The van der Waals surface area contributed by atoms with Gasteiger partial charge in [-0.15, -0.1) is 0 Å². The zero-order chi connectivity index (χ0) is 29.7. The summed E-state index contributed by atoms with van der Waals surface area (Å²) in [4.78, 5) is 17.2. The van der Waals surface area contributed by atoms with Crippen LogP contribution in [0.3, 0.4) is 0 Å². The summed E-state index contributed by atoms with van der Waals surface area (Å²) in [7, 11) is -3.25. The molecule has 1 saturated carbocycles. The van der Waals surface area contributed by atoms with Crippen molar-refractivity contribution in [1.29, 1.82) is 0 Å². The molecule has 2 aromatic carbocycles. The van der Waals surface area contributed by atoms with Crippen molar-refractivity contribution in [2.75, 3.05) is 38.5 Å². The number of piperidine rings is 1. The topological polar surface area (TPSA) is 77.9 Å². The highest BCUT2D eigenvalue weighted by atomic mass is 32.2. The molecule has 0 bridgehead atoms. The van der Waals surface area contributed by atoms with Gasteiger partial charge in [-0.1, -0.05) is 56.2 Å². The van der Waals surface area contributed by atoms with E-state index in [2.05, 4.69) is 16.4 Å². The third kappa shape index (κ3) is 7.69. The Bertz CT molecular complexity index is 1320. The first-order valence-corrected chi connectivity index (χ1v) is 17.3. The van der Waals surface area contributed by atoms with Crippen molar-refractivity contribution in [1.82, 2.24) is 9.80 Å². The van der Waals surface area contributed by atoms with Gasteiger partial charge in [0, 0.05) is 30.6 Å². The summed E-state index contributed by atoms with van der Waals surface area (Å²) < 4.78 is 39.7. The van der Waals surface area contributed by atoms with Gasteiger partial charge in [-0.25, -0.2) is 17.6 Å². The number of benzene rings is 2. The van der Waals surface area contributed by atoms with E-state index in [9.17, 15) is 22.7 Å². The van der Waals surface area contributed by atoms with Crippen LogP contribution in [0.5, 0.6) is 0 Å². The predicted molar refractivity (Wildman–Crippen MR) is 164 cm³/mol. The quantitative estimate of drug-likeness (QED) is 0.286. The van der Waals surface area contributed by atoms with Gasteiger partial charge in [0.15, 0.2) is 9.84 Å². The molecule has 0 radical (unpaired) electrons. The lowest BCUT2D eigenvalue weighted by molar-refractivity contribution is -0.133. The third-order valence-corrected chi connectivity index (χ3v) is 11.8. The molecule has 1 unspecified atom stereocenters. The Kier molecular flexibility index (Phi) is 10.2. The molecule has 42 heavy (non-hydrogen) atoms. The zero-order valence-corrected chi connectivity index (χ0v) is 25.4. The molecule has 0 amide bonds. The third-order valence-electron chi connectivity index (χ3n) is 10.1. The molecular weight excluding hydrogens is 551 g/mol. The van der Waals surface area contributed by atoms with Crippen LogP contribution in [0.2, 0.25) is 0 Å². The highest BCUT2D eigenvalue weighted by Crippen LogP contribution is 2.40. The van der Waals surface area contributed by atoms with Gasteiger partial charge in [0.1, 0.15) is 5.82 Å². The van der Waals surface area contributed by atoms with Crippen LogP contribution in [-0.2, 0) is 14.6 Å². The smallest absolute Gasteiger partial charge is 0.332 e. The second-order valence-electron chi connectivity index (χ2n) is 12.7. The summed E-state index contributed by atoms with van der Waals surface area (Å²) in [5.74, 6) is 0.445. The van der Waals surface area contributed by atoms with Crippen molar-refractivity contribution < 1.29 is 22.7 Å².